The third kappa shape index (κ3) is 4.42. The summed E-state index contributed by atoms with van der Waals surface area (Å²) in [5, 5.41) is 0. The molecule has 1 atom stereocenters. The van der Waals surface area contributed by atoms with E-state index in [1.54, 1.807) is 25.3 Å². The maximum Gasteiger partial charge on any atom is 0.311 e. The molecule has 1 heterocycles. The van der Waals surface area contributed by atoms with Gasteiger partial charge in [-0.2, -0.15) is 0 Å². The smallest absolute Gasteiger partial charge is 0.311 e. The Labute approximate surface area is 175 Å². The minimum atomic E-state index is -0.554. The molecule has 0 saturated carbocycles. The Morgan fingerprint density at radius 3 is 2.30 bits per heavy atom. The van der Waals surface area contributed by atoms with Gasteiger partial charge in [0.05, 0.1) is 40.0 Å². The molecule has 2 aromatic carbocycles. The molecule has 1 amide bonds. The molecule has 8 heteroatoms. The highest BCUT2D eigenvalue weighted by Crippen LogP contribution is 2.42. The van der Waals surface area contributed by atoms with Crippen LogP contribution in [-0.4, -0.2) is 46.9 Å². The van der Waals surface area contributed by atoms with Crippen LogP contribution in [0, 0.1) is 5.92 Å². The number of rotatable bonds is 8. The summed E-state index contributed by atoms with van der Waals surface area (Å²) >= 11 is 0. The van der Waals surface area contributed by atoms with Crippen molar-refractivity contribution in [2.75, 3.05) is 39.9 Å². The standard InChI is InChI=1S/C22H25NO7/c1-26-17-7-5-6-14(8-17)13-30-22(25)15-9-20(24)23(12-15)16-10-18(27-2)21(29-4)19(11-16)28-3/h5-8,10-11,15H,9,12-13H2,1-4H3/t15-/m1/s1. The fourth-order valence-electron chi connectivity index (χ4n) is 3.37. The van der Waals surface area contributed by atoms with Crippen LogP contribution in [0.15, 0.2) is 36.4 Å². The summed E-state index contributed by atoms with van der Waals surface area (Å²) in [5.41, 5.74) is 1.38. The number of nitrogens with zero attached hydrogens (tertiary/aromatic N) is 1. The van der Waals surface area contributed by atoms with Gasteiger partial charge < -0.3 is 28.6 Å². The van der Waals surface area contributed by atoms with Gasteiger partial charge in [-0.3, -0.25) is 9.59 Å². The third-order valence-corrected chi connectivity index (χ3v) is 4.93. The predicted molar refractivity (Wildman–Crippen MR) is 109 cm³/mol. The summed E-state index contributed by atoms with van der Waals surface area (Å²) in [7, 11) is 6.10. The van der Waals surface area contributed by atoms with Crippen molar-refractivity contribution in [3.05, 3.63) is 42.0 Å². The molecule has 2 aromatic rings. The minimum Gasteiger partial charge on any atom is -0.497 e. The molecule has 1 fully saturated rings. The Hall–Kier alpha value is -3.42. The van der Waals surface area contributed by atoms with E-state index in [0.29, 0.717) is 28.7 Å². The quantitative estimate of drug-likeness (QED) is 0.613. The van der Waals surface area contributed by atoms with Gasteiger partial charge in [0.1, 0.15) is 12.4 Å². The van der Waals surface area contributed by atoms with Crippen molar-refractivity contribution in [1.82, 2.24) is 0 Å². The van der Waals surface area contributed by atoms with E-state index in [1.807, 2.05) is 18.2 Å². The maximum atomic E-state index is 12.6. The van der Waals surface area contributed by atoms with Crippen LogP contribution in [0.2, 0.25) is 0 Å². The van der Waals surface area contributed by atoms with Crippen LogP contribution in [-0.2, 0) is 20.9 Å². The molecule has 0 aliphatic carbocycles. The zero-order valence-corrected chi connectivity index (χ0v) is 17.5. The van der Waals surface area contributed by atoms with Gasteiger partial charge in [0.15, 0.2) is 11.5 Å². The molecule has 1 aliphatic rings. The molecule has 0 N–H and O–H groups in total. The lowest BCUT2D eigenvalue weighted by Gasteiger charge is -2.20. The van der Waals surface area contributed by atoms with Gasteiger partial charge in [-0.05, 0) is 17.7 Å². The SMILES string of the molecule is COc1cccc(COC(=O)[C@@H]2CC(=O)N(c3cc(OC)c(OC)c(OC)c3)C2)c1. The Balaban J connectivity index is 1.70. The molecule has 8 nitrogen and oxygen atoms in total. The van der Waals surface area contributed by atoms with Crippen LogP contribution in [0.5, 0.6) is 23.0 Å². The van der Waals surface area contributed by atoms with E-state index in [0.717, 1.165) is 5.56 Å². The summed E-state index contributed by atoms with van der Waals surface area (Å²) in [6.45, 7) is 0.333. The number of amides is 1. The van der Waals surface area contributed by atoms with Gasteiger partial charge in [0.25, 0.3) is 0 Å². The van der Waals surface area contributed by atoms with Crippen molar-refractivity contribution in [3.8, 4) is 23.0 Å². The number of carbonyl (C=O) groups is 2. The highest BCUT2D eigenvalue weighted by Gasteiger charge is 2.37. The number of methoxy groups -OCH3 is 4. The second-order valence-corrected chi connectivity index (χ2v) is 6.75. The van der Waals surface area contributed by atoms with Crippen molar-refractivity contribution in [2.45, 2.75) is 13.0 Å². The fourth-order valence-corrected chi connectivity index (χ4v) is 3.37. The number of hydrogen-bond donors (Lipinski definition) is 0. The van der Waals surface area contributed by atoms with Crippen LogP contribution < -0.4 is 23.8 Å². The number of esters is 1. The molecular formula is C22H25NO7. The first-order valence-electron chi connectivity index (χ1n) is 9.40. The summed E-state index contributed by atoms with van der Waals surface area (Å²) in [6, 6.07) is 10.7. The molecule has 1 saturated heterocycles. The van der Waals surface area contributed by atoms with Crippen molar-refractivity contribution in [2.24, 2.45) is 5.92 Å². The molecule has 160 valence electrons. The predicted octanol–water partition coefficient (Wildman–Crippen LogP) is 2.82. The molecular weight excluding hydrogens is 390 g/mol. The lowest BCUT2D eigenvalue weighted by atomic mass is 10.1. The zero-order chi connectivity index (χ0) is 21.7. The van der Waals surface area contributed by atoms with E-state index in [4.69, 9.17) is 23.7 Å². The molecule has 0 unspecified atom stereocenters. The van der Waals surface area contributed by atoms with Crippen molar-refractivity contribution >= 4 is 17.6 Å². The summed E-state index contributed by atoms with van der Waals surface area (Å²) in [4.78, 5) is 26.7. The van der Waals surface area contributed by atoms with E-state index >= 15 is 0 Å². The first-order chi connectivity index (χ1) is 14.5. The van der Waals surface area contributed by atoms with E-state index < -0.39 is 11.9 Å². The summed E-state index contributed by atoms with van der Waals surface area (Å²) in [6.07, 6.45) is 0.0770. The third-order valence-electron chi connectivity index (χ3n) is 4.93. The first-order valence-corrected chi connectivity index (χ1v) is 9.40. The minimum absolute atomic E-state index is 0.0770. The molecule has 0 radical (unpaired) electrons. The lowest BCUT2D eigenvalue weighted by molar-refractivity contribution is -0.149. The van der Waals surface area contributed by atoms with Crippen LogP contribution in [0.4, 0.5) is 5.69 Å². The van der Waals surface area contributed by atoms with Crippen molar-refractivity contribution < 1.29 is 33.3 Å². The maximum absolute atomic E-state index is 12.6. The second-order valence-electron chi connectivity index (χ2n) is 6.75. The molecule has 30 heavy (non-hydrogen) atoms. The number of anilines is 1. The average molecular weight is 415 g/mol. The monoisotopic (exact) mass is 415 g/mol. The van der Waals surface area contributed by atoms with Gasteiger partial charge in [0.2, 0.25) is 11.7 Å². The summed E-state index contributed by atoms with van der Waals surface area (Å²) < 4.78 is 26.6. The number of benzene rings is 2. The molecule has 0 aromatic heterocycles. The van der Waals surface area contributed by atoms with Crippen LogP contribution >= 0.6 is 0 Å². The van der Waals surface area contributed by atoms with Crippen molar-refractivity contribution in [3.63, 3.8) is 0 Å². The Bertz CT molecular complexity index is 902. The second kappa shape index (κ2) is 9.39. The van der Waals surface area contributed by atoms with Gasteiger partial charge in [0, 0.05) is 25.1 Å². The highest BCUT2D eigenvalue weighted by atomic mass is 16.5. The number of hydrogen-bond acceptors (Lipinski definition) is 7. The highest BCUT2D eigenvalue weighted by molar-refractivity contribution is 6.00. The van der Waals surface area contributed by atoms with Gasteiger partial charge in [-0.1, -0.05) is 12.1 Å². The first kappa shape index (κ1) is 21.3. The van der Waals surface area contributed by atoms with E-state index in [9.17, 15) is 9.59 Å². The molecule has 0 bridgehead atoms. The van der Waals surface area contributed by atoms with E-state index in [1.165, 1.54) is 26.2 Å². The normalized spacial score (nSPS) is 15.7. The van der Waals surface area contributed by atoms with Crippen molar-refractivity contribution in [1.29, 1.82) is 0 Å². The van der Waals surface area contributed by atoms with Gasteiger partial charge >= 0.3 is 5.97 Å². The van der Waals surface area contributed by atoms with Gasteiger partial charge in [-0.15, -0.1) is 0 Å². The Kier molecular flexibility index (Phi) is 6.66. The fraction of sp³-hybridized carbons (Fsp3) is 0.364. The van der Waals surface area contributed by atoms with Crippen LogP contribution in [0.3, 0.4) is 0 Å². The van der Waals surface area contributed by atoms with Crippen LogP contribution in [0.25, 0.3) is 0 Å². The molecule has 0 spiro atoms. The van der Waals surface area contributed by atoms with E-state index in [2.05, 4.69) is 0 Å². The zero-order valence-electron chi connectivity index (χ0n) is 17.5. The Morgan fingerprint density at radius 1 is 1.00 bits per heavy atom. The summed E-state index contributed by atoms with van der Waals surface area (Å²) in [5.74, 6) is 0.848. The molecule has 1 aliphatic heterocycles. The van der Waals surface area contributed by atoms with E-state index in [-0.39, 0.29) is 25.5 Å². The Morgan fingerprint density at radius 2 is 1.70 bits per heavy atom. The van der Waals surface area contributed by atoms with Gasteiger partial charge in [-0.25, -0.2) is 0 Å². The van der Waals surface area contributed by atoms with Crippen LogP contribution in [0.1, 0.15) is 12.0 Å². The lowest BCUT2D eigenvalue weighted by Crippen LogP contribution is -2.26. The molecule has 3 rings (SSSR count). The largest absolute Gasteiger partial charge is 0.497 e. The number of carbonyl (C=O) groups excluding carboxylic acids is 2. The average Bonchev–Trinajstić information content (AvgIpc) is 3.18. The topological polar surface area (TPSA) is 83.5 Å². The number of ether oxygens (including phenoxy) is 5.